The maximum atomic E-state index is 14.0. The third-order valence-electron chi connectivity index (χ3n) is 9.10. The second kappa shape index (κ2) is 9.17. The van der Waals surface area contributed by atoms with Gasteiger partial charge in [0.15, 0.2) is 11.6 Å². The maximum Gasteiger partial charge on any atom is 0.271 e. The molecule has 9 nitrogen and oxygen atoms in total. The van der Waals surface area contributed by atoms with Crippen LogP contribution in [0.15, 0.2) is 95.1 Å². The minimum Gasteiger partial charge on any atom is -0.508 e. The summed E-state index contributed by atoms with van der Waals surface area (Å²) in [6.07, 6.45) is 3.51. The molecule has 42 heavy (non-hydrogen) atoms. The number of phenolic OH excluding ortho intramolecular Hbond substituents is 1. The van der Waals surface area contributed by atoms with Gasteiger partial charge < -0.3 is 5.11 Å². The molecule has 7 rings (SSSR count). The summed E-state index contributed by atoms with van der Waals surface area (Å²) in [5.41, 5.74) is 1.99. The number of aromatic hydroxyl groups is 1. The highest BCUT2D eigenvalue weighted by Crippen LogP contribution is 2.57. The minimum atomic E-state index is -0.833. The molecule has 0 spiro atoms. The van der Waals surface area contributed by atoms with Crippen molar-refractivity contribution in [2.75, 3.05) is 4.90 Å². The second-order valence-corrected chi connectivity index (χ2v) is 11.2. The van der Waals surface area contributed by atoms with E-state index in [-0.39, 0.29) is 41.5 Å². The van der Waals surface area contributed by atoms with Crippen LogP contribution in [0.1, 0.15) is 31.2 Å². The molecule has 1 N–H and O–H groups in total. The van der Waals surface area contributed by atoms with E-state index in [4.69, 9.17) is 0 Å². The summed E-state index contributed by atoms with van der Waals surface area (Å²) in [5, 5.41) is 24.2. The van der Waals surface area contributed by atoms with Crippen molar-refractivity contribution >= 4 is 45.5 Å². The van der Waals surface area contributed by atoms with Gasteiger partial charge in [-0.3, -0.25) is 29.3 Å². The Morgan fingerprint density at radius 1 is 0.952 bits per heavy atom. The number of nitro groups is 1. The van der Waals surface area contributed by atoms with Crippen molar-refractivity contribution in [1.29, 1.82) is 0 Å². The fourth-order valence-electron chi connectivity index (χ4n) is 7.28. The second-order valence-electron chi connectivity index (χ2n) is 11.2. The fourth-order valence-corrected chi connectivity index (χ4v) is 7.28. The largest absolute Gasteiger partial charge is 0.508 e. The molecule has 9 heteroatoms. The molecule has 0 bridgehead atoms. The number of non-ortho nitro benzene ring substituents is 1. The van der Waals surface area contributed by atoms with Crippen LogP contribution in [0, 0.1) is 27.9 Å². The van der Waals surface area contributed by atoms with Crippen LogP contribution in [-0.4, -0.2) is 33.4 Å². The molecule has 1 fully saturated rings. The van der Waals surface area contributed by atoms with Gasteiger partial charge in [-0.15, -0.1) is 0 Å². The third-order valence-corrected chi connectivity index (χ3v) is 9.10. The monoisotopic (exact) mass is 560 g/mol. The molecule has 4 atom stereocenters. The lowest BCUT2D eigenvalue weighted by molar-refractivity contribution is -0.384. The molecule has 208 valence electrons. The van der Waals surface area contributed by atoms with Crippen molar-refractivity contribution in [2.24, 2.45) is 17.8 Å². The van der Waals surface area contributed by atoms with Crippen LogP contribution in [0.3, 0.4) is 0 Å². The van der Waals surface area contributed by atoms with E-state index in [2.05, 4.69) is 0 Å². The van der Waals surface area contributed by atoms with Gasteiger partial charge in [-0.2, -0.15) is 0 Å². The number of anilines is 1. The molecule has 3 aromatic carbocycles. The average Bonchev–Trinajstić information content (AvgIpc) is 3.24. The molecule has 4 unspecified atom stereocenters. The molecule has 1 aliphatic heterocycles. The Hall–Kier alpha value is -5.18. The van der Waals surface area contributed by atoms with E-state index in [9.17, 15) is 34.4 Å². The number of Topliss-reactive ketones (excluding diaryl/α,β-unsaturated/α-hetero) is 1. The Morgan fingerprint density at radius 2 is 1.74 bits per heavy atom. The highest BCUT2D eigenvalue weighted by Gasteiger charge is 2.57. The number of hydrogen-bond donors (Lipinski definition) is 1. The molecule has 0 saturated carbocycles. The molecule has 0 radical (unpaired) electrons. The number of amides is 2. The Kier molecular flexibility index (Phi) is 5.63. The zero-order valence-electron chi connectivity index (χ0n) is 22.4. The summed E-state index contributed by atoms with van der Waals surface area (Å²) in [6, 6.07) is 16.2. The standard InChI is InChI=1S/C33H24N2O7/c1-16-13-26(37)24-15-23-21(29(30(24)31(16)38)28-20-8-3-2-5-17(20)9-12-25(28)36)10-11-22-27(23)33(40)34(32(22)39)18-6-4-7-19(14-18)35(41)42/h2-10,12-14,22-23,27,29,36H,11,15H2,1H3. The van der Waals surface area contributed by atoms with Gasteiger partial charge in [-0.1, -0.05) is 48.0 Å². The number of nitro benzene ring substituents is 1. The Bertz CT molecular complexity index is 1900. The highest BCUT2D eigenvalue weighted by atomic mass is 16.6. The number of carbonyl (C=O) groups excluding carboxylic acids is 4. The summed E-state index contributed by atoms with van der Waals surface area (Å²) < 4.78 is 0. The first-order valence-electron chi connectivity index (χ1n) is 13.7. The van der Waals surface area contributed by atoms with Gasteiger partial charge >= 0.3 is 0 Å². The van der Waals surface area contributed by atoms with E-state index in [0.29, 0.717) is 22.3 Å². The zero-order chi connectivity index (χ0) is 29.4. The third kappa shape index (κ3) is 3.56. The number of hydrogen-bond acceptors (Lipinski definition) is 7. The summed E-state index contributed by atoms with van der Waals surface area (Å²) >= 11 is 0. The van der Waals surface area contributed by atoms with Crippen LogP contribution >= 0.6 is 0 Å². The van der Waals surface area contributed by atoms with Crippen LogP contribution in [-0.2, 0) is 19.2 Å². The molecule has 1 saturated heterocycles. The van der Waals surface area contributed by atoms with Gasteiger partial charge in [0.1, 0.15) is 5.75 Å². The minimum absolute atomic E-state index is 0.0336. The van der Waals surface area contributed by atoms with Crippen LogP contribution in [0.4, 0.5) is 11.4 Å². The van der Waals surface area contributed by atoms with Crippen molar-refractivity contribution in [1.82, 2.24) is 0 Å². The van der Waals surface area contributed by atoms with Gasteiger partial charge in [-0.05, 0) is 54.7 Å². The van der Waals surface area contributed by atoms with Crippen molar-refractivity contribution in [3.63, 3.8) is 0 Å². The molecule has 1 heterocycles. The van der Waals surface area contributed by atoms with E-state index in [1.165, 1.54) is 30.3 Å². The van der Waals surface area contributed by atoms with E-state index in [1.54, 1.807) is 19.1 Å². The molecular weight excluding hydrogens is 536 g/mol. The zero-order valence-corrected chi connectivity index (χ0v) is 22.4. The van der Waals surface area contributed by atoms with Crippen molar-refractivity contribution in [2.45, 2.75) is 25.7 Å². The van der Waals surface area contributed by atoms with Gasteiger partial charge in [0, 0.05) is 40.3 Å². The number of carbonyl (C=O) groups is 4. The number of benzene rings is 3. The molecule has 2 amide bonds. The lowest BCUT2D eigenvalue weighted by atomic mass is 9.59. The number of imide groups is 1. The molecule has 4 aliphatic rings. The number of allylic oxidation sites excluding steroid dienone is 6. The summed E-state index contributed by atoms with van der Waals surface area (Å²) in [7, 11) is 0. The topological polar surface area (TPSA) is 135 Å². The smallest absolute Gasteiger partial charge is 0.271 e. The van der Waals surface area contributed by atoms with E-state index < -0.39 is 40.4 Å². The molecule has 3 aliphatic carbocycles. The first kappa shape index (κ1) is 25.8. The molecule has 0 aromatic heterocycles. The van der Waals surface area contributed by atoms with Crippen LogP contribution < -0.4 is 4.90 Å². The van der Waals surface area contributed by atoms with E-state index in [0.717, 1.165) is 21.2 Å². The number of phenols is 1. The van der Waals surface area contributed by atoms with Crippen LogP contribution in [0.5, 0.6) is 5.75 Å². The van der Waals surface area contributed by atoms with Crippen LogP contribution in [0.2, 0.25) is 0 Å². The Balaban J connectivity index is 1.41. The van der Waals surface area contributed by atoms with Crippen molar-refractivity contribution < 1.29 is 29.2 Å². The number of ketones is 2. The Labute approximate surface area is 239 Å². The maximum absolute atomic E-state index is 14.0. The highest BCUT2D eigenvalue weighted by molar-refractivity contribution is 6.25. The van der Waals surface area contributed by atoms with E-state index in [1.807, 2.05) is 30.3 Å². The molecular formula is C33H24N2O7. The molecule has 3 aromatic rings. The predicted molar refractivity (Wildman–Crippen MR) is 153 cm³/mol. The predicted octanol–water partition coefficient (Wildman–Crippen LogP) is 5.09. The fraction of sp³-hybridized carbons (Fsp3) is 0.212. The van der Waals surface area contributed by atoms with Gasteiger partial charge in [-0.25, -0.2) is 4.90 Å². The average molecular weight is 561 g/mol. The number of fused-ring (bicyclic) bond motifs is 4. The van der Waals surface area contributed by atoms with Crippen LogP contribution in [0.25, 0.3) is 10.8 Å². The number of rotatable bonds is 3. The quantitative estimate of drug-likeness (QED) is 0.155. The Morgan fingerprint density at radius 3 is 2.52 bits per heavy atom. The van der Waals surface area contributed by atoms with Gasteiger partial charge in [0.2, 0.25) is 11.8 Å². The number of nitrogens with zero attached hydrogens (tertiary/aromatic N) is 2. The lowest BCUT2D eigenvalue weighted by Crippen LogP contribution is -2.40. The first-order chi connectivity index (χ1) is 20.2. The summed E-state index contributed by atoms with van der Waals surface area (Å²) in [5.74, 6) is -4.51. The lowest BCUT2D eigenvalue weighted by Gasteiger charge is -2.42. The van der Waals surface area contributed by atoms with Crippen molar-refractivity contribution in [3.05, 3.63) is 111 Å². The van der Waals surface area contributed by atoms with Gasteiger partial charge in [0.25, 0.3) is 5.69 Å². The van der Waals surface area contributed by atoms with Gasteiger partial charge in [0.05, 0.1) is 22.4 Å². The normalized spacial score (nSPS) is 25.2. The first-order valence-corrected chi connectivity index (χ1v) is 13.7. The van der Waals surface area contributed by atoms with Crippen molar-refractivity contribution in [3.8, 4) is 5.75 Å². The summed E-state index contributed by atoms with van der Waals surface area (Å²) in [4.78, 5) is 66.6. The summed E-state index contributed by atoms with van der Waals surface area (Å²) in [6.45, 7) is 1.59. The van der Waals surface area contributed by atoms with E-state index >= 15 is 0 Å². The SMILES string of the molecule is CC1=CC(=O)C2=C(C1=O)C(c1c(O)ccc3ccccc13)C1=CCC3C(=O)N(c4cccc([N+](=O)[O-])c4)C(=O)C3C1C2.